The molecule has 3 nitrogen and oxygen atoms in total. The summed E-state index contributed by atoms with van der Waals surface area (Å²) in [7, 11) is 0. The van der Waals surface area contributed by atoms with E-state index in [1.54, 1.807) is 6.08 Å². The van der Waals surface area contributed by atoms with Gasteiger partial charge in [-0.2, -0.15) is 0 Å². The van der Waals surface area contributed by atoms with Gasteiger partial charge in [0.1, 0.15) is 0 Å². The maximum atomic E-state index is 11.4. The highest BCUT2D eigenvalue weighted by atomic mass is 16.6. The number of hydrogen-bond donors (Lipinski definition) is 0. The van der Waals surface area contributed by atoms with E-state index in [2.05, 4.69) is 30.3 Å². The summed E-state index contributed by atoms with van der Waals surface area (Å²) in [6.45, 7) is 0. The first-order valence-electron chi connectivity index (χ1n) is 7.48. The van der Waals surface area contributed by atoms with Crippen molar-refractivity contribution in [3.05, 3.63) is 81.9 Å². The average molecular weight is 297 g/mol. The van der Waals surface area contributed by atoms with Crippen LogP contribution in [0, 0.1) is 10.1 Å². The topological polar surface area (TPSA) is 43.1 Å². The Hall–Kier alpha value is -3.20. The largest absolute Gasteiger partial charge is 0.277 e. The normalized spacial score (nSPS) is 13.0. The van der Waals surface area contributed by atoms with E-state index >= 15 is 0 Å². The molecule has 0 saturated heterocycles. The second-order valence-corrected chi connectivity index (χ2v) is 5.87. The summed E-state index contributed by atoms with van der Waals surface area (Å²) in [6, 6.07) is 20.3. The van der Waals surface area contributed by atoms with Gasteiger partial charge >= 0.3 is 0 Å². The van der Waals surface area contributed by atoms with Crippen LogP contribution in [0.15, 0.2) is 60.7 Å². The molecule has 0 heterocycles. The van der Waals surface area contributed by atoms with Crippen molar-refractivity contribution < 1.29 is 4.92 Å². The fourth-order valence-electron chi connectivity index (χ4n) is 3.71. The quantitative estimate of drug-likeness (QED) is 0.274. The zero-order chi connectivity index (χ0) is 15.6. The summed E-state index contributed by atoms with van der Waals surface area (Å²) >= 11 is 0. The molecule has 0 aliphatic heterocycles. The number of fused-ring (bicyclic) bond motifs is 4. The van der Waals surface area contributed by atoms with E-state index in [1.807, 2.05) is 30.3 Å². The molecule has 0 N–H and O–H groups in total. The van der Waals surface area contributed by atoms with Gasteiger partial charge in [0.05, 0.1) is 10.5 Å². The fourth-order valence-corrected chi connectivity index (χ4v) is 3.71. The lowest BCUT2D eigenvalue weighted by Gasteiger charge is -2.10. The minimum Gasteiger partial charge on any atom is -0.258 e. The zero-order valence-corrected chi connectivity index (χ0v) is 12.1. The van der Waals surface area contributed by atoms with Crippen molar-refractivity contribution in [2.24, 2.45) is 0 Å². The van der Waals surface area contributed by atoms with Crippen molar-refractivity contribution in [3.63, 3.8) is 0 Å². The first-order valence-corrected chi connectivity index (χ1v) is 7.48. The molecule has 108 valence electrons. The number of benzene rings is 4. The molecule has 4 aromatic carbocycles. The van der Waals surface area contributed by atoms with Gasteiger partial charge in [0.15, 0.2) is 0 Å². The molecular weight excluding hydrogens is 286 g/mol. The van der Waals surface area contributed by atoms with Crippen LogP contribution in [0.3, 0.4) is 0 Å². The van der Waals surface area contributed by atoms with Gasteiger partial charge in [-0.15, -0.1) is 0 Å². The molecule has 0 bridgehead atoms. The molecular formula is C20H11NO2. The van der Waals surface area contributed by atoms with Crippen LogP contribution in [0.25, 0.3) is 44.1 Å². The van der Waals surface area contributed by atoms with Gasteiger partial charge in [-0.1, -0.05) is 54.6 Å². The molecule has 0 fully saturated rings. The molecule has 0 unspecified atom stereocenters. The van der Waals surface area contributed by atoms with Gasteiger partial charge in [0.25, 0.3) is 5.70 Å². The molecule has 3 heteroatoms. The number of rotatable bonds is 1. The van der Waals surface area contributed by atoms with E-state index in [0.717, 1.165) is 27.3 Å². The monoisotopic (exact) mass is 297 g/mol. The standard InChI is InChI=1S/C20H11NO2/c22-21(23)18-11-13-5-3-7-16-19-14(10-17(18)20(13)16)9-8-12-4-1-2-6-15(12)19/h1-11H. The van der Waals surface area contributed by atoms with Gasteiger partial charge in [0.2, 0.25) is 0 Å². The Morgan fingerprint density at radius 1 is 0.783 bits per heavy atom. The lowest BCUT2D eigenvalue weighted by Crippen LogP contribution is -1.95. The molecule has 5 rings (SSSR count). The fraction of sp³-hybridized carbons (Fsp3) is 0. The first-order chi connectivity index (χ1) is 11.2. The van der Waals surface area contributed by atoms with Gasteiger partial charge in [-0.3, -0.25) is 10.1 Å². The Morgan fingerprint density at radius 2 is 1.57 bits per heavy atom. The van der Waals surface area contributed by atoms with Crippen molar-refractivity contribution in [1.82, 2.24) is 0 Å². The summed E-state index contributed by atoms with van der Waals surface area (Å²) in [5, 5.41) is 18.0. The second-order valence-electron chi connectivity index (χ2n) is 5.87. The molecule has 0 aromatic heterocycles. The highest BCUT2D eigenvalue weighted by Gasteiger charge is 2.26. The molecule has 23 heavy (non-hydrogen) atoms. The van der Waals surface area contributed by atoms with E-state index in [9.17, 15) is 10.1 Å². The highest BCUT2D eigenvalue weighted by Crippen LogP contribution is 2.42. The Bertz CT molecular complexity index is 1190. The summed E-state index contributed by atoms with van der Waals surface area (Å²) in [4.78, 5) is 11.1. The zero-order valence-electron chi connectivity index (χ0n) is 12.1. The average Bonchev–Trinajstić information content (AvgIpc) is 2.95. The molecule has 1 aliphatic carbocycles. The summed E-state index contributed by atoms with van der Waals surface area (Å²) < 4.78 is 0. The van der Waals surface area contributed by atoms with Crippen molar-refractivity contribution in [1.29, 1.82) is 0 Å². The maximum Gasteiger partial charge on any atom is 0.277 e. The summed E-state index contributed by atoms with van der Waals surface area (Å²) in [6.07, 6.45) is 1.68. The molecule has 0 saturated carbocycles. The maximum absolute atomic E-state index is 11.4. The van der Waals surface area contributed by atoms with Crippen molar-refractivity contribution in [3.8, 4) is 0 Å². The van der Waals surface area contributed by atoms with Crippen LogP contribution in [0.2, 0.25) is 0 Å². The minimum absolute atomic E-state index is 0.186. The molecule has 0 radical (unpaired) electrons. The smallest absolute Gasteiger partial charge is 0.258 e. The van der Waals surface area contributed by atoms with Gasteiger partial charge in [0, 0.05) is 11.5 Å². The third kappa shape index (κ3) is 1.53. The van der Waals surface area contributed by atoms with Gasteiger partial charge in [-0.25, -0.2) is 0 Å². The van der Waals surface area contributed by atoms with E-state index in [1.165, 1.54) is 16.2 Å². The summed E-state index contributed by atoms with van der Waals surface area (Å²) in [5.74, 6) is 0. The number of nitrogens with zero attached hydrogens (tertiary/aromatic N) is 1. The van der Waals surface area contributed by atoms with Crippen LogP contribution in [0.4, 0.5) is 0 Å². The SMILES string of the molecule is O=[N+]([O-])C1=Cc2cccc3c2c1cc1ccc2ccccc2c13. The molecule has 0 amide bonds. The lowest BCUT2D eigenvalue weighted by molar-refractivity contribution is -0.374. The van der Waals surface area contributed by atoms with E-state index < -0.39 is 0 Å². The lowest BCUT2D eigenvalue weighted by atomic mass is 9.93. The van der Waals surface area contributed by atoms with Crippen LogP contribution in [0.5, 0.6) is 0 Å². The summed E-state index contributed by atoms with van der Waals surface area (Å²) in [5.41, 5.74) is 1.84. The minimum atomic E-state index is -0.290. The van der Waals surface area contributed by atoms with Crippen LogP contribution < -0.4 is 0 Å². The second kappa shape index (κ2) is 4.17. The molecule has 1 aliphatic rings. The molecule has 0 atom stereocenters. The third-order valence-corrected chi connectivity index (χ3v) is 4.66. The predicted molar refractivity (Wildman–Crippen MR) is 93.8 cm³/mol. The first kappa shape index (κ1) is 12.4. The Balaban J connectivity index is 2.07. The van der Waals surface area contributed by atoms with Crippen molar-refractivity contribution >= 4 is 44.1 Å². The van der Waals surface area contributed by atoms with E-state index in [0.29, 0.717) is 0 Å². The number of hydrogen-bond acceptors (Lipinski definition) is 2. The Kier molecular flexibility index (Phi) is 2.24. The molecule has 0 spiro atoms. The van der Waals surface area contributed by atoms with Crippen LogP contribution in [-0.4, -0.2) is 4.92 Å². The van der Waals surface area contributed by atoms with E-state index in [4.69, 9.17) is 0 Å². The van der Waals surface area contributed by atoms with Gasteiger partial charge in [-0.05, 0) is 38.6 Å². The third-order valence-electron chi connectivity index (χ3n) is 4.66. The van der Waals surface area contributed by atoms with Gasteiger partial charge < -0.3 is 0 Å². The van der Waals surface area contributed by atoms with Crippen molar-refractivity contribution in [2.45, 2.75) is 0 Å². The highest BCUT2D eigenvalue weighted by molar-refractivity contribution is 6.25. The Labute approximate surface area is 131 Å². The van der Waals surface area contributed by atoms with Crippen molar-refractivity contribution in [2.75, 3.05) is 0 Å². The predicted octanol–water partition coefficient (Wildman–Crippen LogP) is 5.23. The van der Waals surface area contributed by atoms with E-state index in [-0.39, 0.29) is 10.6 Å². The van der Waals surface area contributed by atoms with Crippen LogP contribution >= 0.6 is 0 Å². The molecule has 4 aromatic rings. The number of nitro groups is 1. The van der Waals surface area contributed by atoms with Crippen LogP contribution in [0.1, 0.15) is 11.1 Å². The Morgan fingerprint density at radius 3 is 2.43 bits per heavy atom. The van der Waals surface area contributed by atoms with Crippen LogP contribution in [-0.2, 0) is 0 Å².